The van der Waals surface area contributed by atoms with Gasteiger partial charge in [-0.2, -0.15) is 0 Å². The van der Waals surface area contributed by atoms with E-state index < -0.39 is 5.97 Å². The van der Waals surface area contributed by atoms with E-state index in [9.17, 15) is 4.79 Å². The normalized spacial score (nSPS) is 10.5. The lowest BCUT2D eigenvalue weighted by atomic mass is 10.5. The molecule has 0 unspecified atom stereocenters. The maximum Gasteiger partial charge on any atom is 0.329 e. The van der Waals surface area contributed by atoms with Crippen molar-refractivity contribution in [2.45, 2.75) is 13.5 Å². The number of carbonyl (C=O) groups is 1. The van der Waals surface area contributed by atoms with Crippen LogP contribution in [0.25, 0.3) is 0 Å². The fraction of sp³-hybridized carbons (Fsp3) is 0.250. The van der Waals surface area contributed by atoms with Crippen LogP contribution in [0.4, 0.5) is 0 Å². The van der Waals surface area contributed by atoms with Crippen LogP contribution < -0.4 is 5.32 Å². The van der Waals surface area contributed by atoms with Crippen molar-refractivity contribution in [3.05, 3.63) is 28.4 Å². The molecule has 0 atom stereocenters. The molecule has 1 aromatic rings. The Labute approximate surface area is 79.9 Å². The SMILES string of the molecule is Cc1csc(CN/C=C/C(=O)O)n1. The average molecular weight is 198 g/mol. The lowest BCUT2D eigenvalue weighted by Gasteiger charge is -1.93. The molecule has 70 valence electrons. The van der Waals surface area contributed by atoms with Crippen LogP contribution in [0.5, 0.6) is 0 Å². The van der Waals surface area contributed by atoms with Crippen LogP contribution in [0, 0.1) is 6.92 Å². The molecule has 1 heterocycles. The molecule has 0 saturated heterocycles. The van der Waals surface area contributed by atoms with E-state index in [1.807, 2.05) is 12.3 Å². The second-order valence-corrected chi connectivity index (χ2v) is 3.38. The van der Waals surface area contributed by atoms with E-state index in [0.29, 0.717) is 6.54 Å². The smallest absolute Gasteiger partial charge is 0.329 e. The molecule has 0 fully saturated rings. The van der Waals surface area contributed by atoms with E-state index in [2.05, 4.69) is 10.3 Å². The summed E-state index contributed by atoms with van der Waals surface area (Å²) in [5.74, 6) is -0.956. The highest BCUT2D eigenvalue weighted by Gasteiger charge is 1.95. The molecular formula is C8H10N2O2S. The standard InChI is InChI=1S/C8H10N2O2S/c1-6-5-13-7(10-6)4-9-3-2-8(11)12/h2-3,5,9H,4H2,1H3,(H,11,12)/b3-2+. The zero-order chi connectivity index (χ0) is 9.68. The minimum Gasteiger partial charge on any atom is -0.478 e. The van der Waals surface area contributed by atoms with Gasteiger partial charge in [-0.1, -0.05) is 0 Å². The summed E-state index contributed by atoms with van der Waals surface area (Å²) in [6.45, 7) is 2.50. The van der Waals surface area contributed by atoms with Crippen molar-refractivity contribution in [2.24, 2.45) is 0 Å². The minimum atomic E-state index is -0.956. The highest BCUT2D eigenvalue weighted by atomic mass is 32.1. The first kappa shape index (κ1) is 9.73. The van der Waals surface area contributed by atoms with Crippen molar-refractivity contribution >= 4 is 17.3 Å². The summed E-state index contributed by atoms with van der Waals surface area (Å²) in [5, 5.41) is 14.0. The van der Waals surface area contributed by atoms with Crippen LogP contribution in [-0.2, 0) is 11.3 Å². The zero-order valence-electron chi connectivity index (χ0n) is 7.15. The molecule has 1 aromatic heterocycles. The Hall–Kier alpha value is -1.36. The lowest BCUT2D eigenvalue weighted by Crippen LogP contribution is -2.05. The number of carboxylic acid groups (broad SMARTS) is 1. The summed E-state index contributed by atoms with van der Waals surface area (Å²) < 4.78 is 0. The Kier molecular flexibility index (Phi) is 3.45. The topological polar surface area (TPSA) is 62.2 Å². The van der Waals surface area contributed by atoms with E-state index >= 15 is 0 Å². The molecule has 0 radical (unpaired) electrons. The molecular weight excluding hydrogens is 188 g/mol. The zero-order valence-corrected chi connectivity index (χ0v) is 7.97. The Morgan fingerprint density at radius 2 is 2.62 bits per heavy atom. The number of aromatic nitrogens is 1. The van der Waals surface area contributed by atoms with Crippen LogP contribution in [0.1, 0.15) is 10.7 Å². The highest BCUT2D eigenvalue weighted by molar-refractivity contribution is 7.09. The number of thiazole rings is 1. The van der Waals surface area contributed by atoms with Crippen molar-refractivity contribution < 1.29 is 9.90 Å². The number of nitrogens with one attached hydrogen (secondary N) is 1. The van der Waals surface area contributed by atoms with Gasteiger partial charge in [0.05, 0.1) is 6.54 Å². The first-order valence-corrected chi connectivity index (χ1v) is 4.60. The molecule has 0 saturated carbocycles. The molecule has 0 spiro atoms. The molecule has 0 aliphatic rings. The number of nitrogens with zero attached hydrogens (tertiary/aromatic N) is 1. The molecule has 0 aliphatic heterocycles. The molecule has 13 heavy (non-hydrogen) atoms. The van der Waals surface area contributed by atoms with Crippen molar-refractivity contribution in [3.63, 3.8) is 0 Å². The van der Waals surface area contributed by atoms with Crippen LogP contribution in [0.15, 0.2) is 17.7 Å². The minimum absolute atomic E-state index is 0.572. The summed E-state index contributed by atoms with van der Waals surface area (Å²) in [4.78, 5) is 14.3. The van der Waals surface area contributed by atoms with Gasteiger partial charge in [-0.25, -0.2) is 9.78 Å². The number of aliphatic carboxylic acids is 1. The predicted molar refractivity (Wildman–Crippen MR) is 50.5 cm³/mol. The maximum absolute atomic E-state index is 10.1. The van der Waals surface area contributed by atoms with E-state index in [0.717, 1.165) is 16.8 Å². The maximum atomic E-state index is 10.1. The second-order valence-electron chi connectivity index (χ2n) is 2.44. The summed E-state index contributed by atoms with van der Waals surface area (Å²) in [6.07, 6.45) is 2.46. The summed E-state index contributed by atoms with van der Waals surface area (Å²) >= 11 is 1.55. The number of carboxylic acids is 1. The largest absolute Gasteiger partial charge is 0.478 e. The quantitative estimate of drug-likeness (QED) is 0.712. The summed E-state index contributed by atoms with van der Waals surface area (Å²) in [7, 11) is 0. The number of hydrogen-bond donors (Lipinski definition) is 2. The first-order valence-electron chi connectivity index (χ1n) is 3.72. The average Bonchev–Trinajstić information content (AvgIpc) is 2.45. The van der Waals surface area contributed by atoms with Gasteiger partial charge in [0.15, 0.2) is 0 Å². The van der Waals surface area contributed by atoms with E-state index in [-0.39, 0.29) is 0 Å². The third-order valence-corrected chi connectivity index (χ3v) is 2.23. The van der Waals surface area contributed by atoms with Crippen LogP contribution in [0.3, 0.4) is 0 Å². The van der Waals surface area contributed by atoms with Crippen molar-refractivity contribution in [3.8, 4) is 0 Å². The summed E-state index contributed by atoms with van der Waals surface area (Å²) in [5.41, 5.74) is 0.990. The molecule has 2 N–H and O–H groups in total. The molecule has 4 nitrogen and oxygen atoms in total. The fourth-order valence-corrected chi connectivity index (χ4v) is 1.48. The molecule has 0 amide bonds. The molecule has 1 rings (SSSR count). The Morgan fingerprint density at radius 1 is 1.85 bits per heavy atom. The van der Waals surface area contributed by atoms with Crippen molar-refractivity contribution in [2.75, 3.05) is 0 Å². The van der Waals surface area contributed by atoms with Crippen LogP contribution >= 0.6 is 11.3 Å². The van der Waals surface area contributed by atoms with Crippen molar-refractivity contribution in [1.29, 1.82) is 0 Å². The first-order chi connectivity index (χ1) is 6.18. The van der Waals surface area contributed by atoms with Crippen molar-refractivity contribution in [1.82, 2.24) is 10.3 Å². The van der Waals surface area contributed by atoms with Gasteiger partial charge in [0.2, 0.25) is 0 Å². The molecule has 0 bridgehead atoms. The Bertz CT molecular complexity index is 320. The van der Waals surface area contributed by atoms with E-state index in [1.54, 1.807) is 11.3 Å². The Balaban J connectivity index is 2.31. The molecule has 0 aliphatic carbocycles. The monoisotopic (exact) mass is 198 g/mol. The second kappa shape index (κ2) is 4.61. The Morgan fingerprint density at radius 3 is 3.15 bits per heavy atom. The molecule has 0 aromatic carbocycles. The number of aryl methyl sites for hydroxylation is 1. The van der Waals surface area contributed by atoms with Crippen LogP contribution in [0.2, 0.25) is 0 Å². The predicted octanol–water partition coefficient (Wildman–Crippen LogP) is 1.14. The van der Waals surface area contributed by atoms with Gasteiger partial charge < -0.3 is 10.4 Å². The van der Waals surface area contributed by atoms with E-state index in [1.165, 1.54) is 6.20 Å². The third-order valence-electron chi connectivity index (χ3n) is 1.26. The number of hydrogen-bond acceptors (Lipinski definition) is 4. The van der Waals surface area contributed by atoms with Gasteiger partial charge in [-0.3, -0.25) is 0 Å². The van der Waals surface area contributed by atoms with Crippen LogP contribution in [-0.4, -0.2) is 16.1 Å². The van der Waals surface area contributed by atoms with E-state index in [4.69, 9.17) is 5.11 Å². The van der Waals surface area contributed by atoms with Gasteiger partial charge in [0.25, 0.3) is 0 Å². The number of rotatable bonds is 4. The summed E-state index contributed by atoms with van der Waals surface area (Å²) in [6, 6.07) is 0. The van der Waals surface area contributed by atoms with Gasteiger partial charge in [-0.15, -0.1) is 11.3 Å². The van der Waals surface area contributed by atoms with Gasteiger partial charge in [0.1, 0.15) is 5.01 Å². The molecule has 5 heteroatoms. The fourth-order valence-electron chi connectivity index (χ4n) is 0.760. The third kappa shape index (κ3) is 3.71. The van der Waals surface area contributed by atoms with Gasteiger partial charge >= 0.3 is 5.97 Å². The van der Waals surface area contributed by atoms with Gasteiger partial charge in [0, 0.05) is 23.3 Å². The van der Waals surface area contributed by atoms with Gasteiger partial charge in [-0.05, 0) is 6.92 Å². The lowest BCUT2D eigenvalue weighted by molar-refractivity contribution is -0.131. The highest BCUT2D eigenvalue weighted by Crippen LogP contribution is 2.07.